The number of urea groups is 1. The number of unbranched alkanes of at least 4 members (excludes halogenated alkanes) is 1. The van der Waals surface area contributed by atoms with Crippen LogP contribution in [0, 0.1) is 0 Å². The van der Waals surface area contributed by atoms with Crippen LogP contribution < -0.4 is 15.8 Å². The van der Waals surface area contributed by atoms with Crippen LogP contribution in [0.25, 0.3) is 0 Å². The molecule has 4 N–H and O–H groups in total. The molecule has 0 unspecified atom stereocenters. The van der Waals surface area contributed by atoms with Crippen molar-refractivity contribution in [2.45, 2.75) is 24.7 Å². The van der Waals surface area contributed by atoms with Crippen molar-refractivity contribution < 1.29 is 13.2 Å². The van der Waals surface area contributed by atoms with Crippen molar-refractivity contribution in [3.63, 3.8) is 0 Å². The van der Waals surface area contributed by atoms with E-state index < -0.39 is 16.1 Å². The Morgan fingerprint density at radius 2 is 2.00 bits per heavy atom. The molecular weight excluding hydrogens is 414 g/mol. The van der Waals surface area contributed by atoms with Gasteiger partial charge in [-0.1, -0.05) is 29.3 Å². The van der Waals surface area contributed by atoms with E-state index in [2.05, 4.69) is 37.2 Å². The van der Waals surface area contributed by atoms with Gasteiger partial charge in [0.05, 0.1) is 5.69 Å². The van der Waals surface area contributed by atoms with Gasteiger partial charge in [-0.25, -0.2) is 17.9 Å². The summed E-state index contributed by atoms with van der Waals surface area (Å²) in [4.78, 5) is 11.4. The molecule has 0 radical (unpaired) electrons. The normalized spacial score (nSPS) is 11.2. The Hall–Kier alpha value is -0.800. The van der Waals surface area contributed by atoms with Crippen molar-refractivity contribution in [3.8, 4) is 0 Å². The lowest BCUT2D eigenvalue weighted by molar-refractivity contribution is 0.245. The second-order valence-corrected chi connectivity index (χ2v) is 7.41. The van der Waals surface area contributed by atoms with Crippen LogP contribution in [-0.4, -0.2) is 21.0 Å². The highest BCUT2D eigenvalue weighted by Gasteiger charge is 2.23. The Morgan fingerprint density at radius 3 is 2.55 bits per heavy atom. The van der Waals surface area contributed by atoms with Crippen LogP contribution in [0.5, 0.6) is 0 Å². The number of nitrogens with one attached hydrogen (secondary N) is 2. The molecule has 1 aromatic carbocycles. The number of carbonyl (C=O) groups is 1. The minimum atomic E-state index is -4.03. The first-order valence-corrected chi connectivity index (χ1v) is 8.90. The number of hydrogen-bond donors (Lipinski definition) is 3. The van der Waals surface area contributed by atoms with Gasteiger partial charge in [0, 0.05) is 15.5 Å². The fraction of sp³-hybridized carbons (Fsp3) is 0.364. The zero-order chi connectivity index (χ0) is 15.3. The SMILES string of the molecule is CCCCNC(=O)NS(=O)(=O)c1c(N)cc(Br)cc1Br. The summed E-state index contributed by atoms with van der Waals surface area (Å²) in [7, 11) is -4.03. The van der Waals surface area contributed by atoms with E-state index in [-0.39, 0.29) is 15.1 Å². The summed E-state index contributed by atoms with van der Waals surface area (Å²) in [5.74, 6) is 0. The molecule has 0 saturated carbocycles. The minimum Gasteiger partial charge on any atom is -0.398 e. The molecule has 0 aromatic heterocycles. The fourth-order valence-corrected chi connectivity index (χ4v) is 4.45. The highest BCUT2D eigenvalue weighted by Crippen LogP contribution is 2.31. The van der Waals surface area contributed by atoms with Gasteiger partial charge in [0.1, 0.15) is 4.90 Å². The standard InChI is InChI=1S/C11H15Br2N3O3S/c1-2-3-4-15-11(17)16-20(18,19)10-8(13)5-7(12)6-9(10)14/h5-6H,2-4,14H2,1H3,(H2,15,16,17). The molecule has 1 aromatic rings. The second kappa shape index (κ2) is 7.28. The number of carbonyl (C=O) groups excluding carboxylic acids is 1. The molecule has 0 heterocycles. The predicted molar refractivity (Wildman–Crippen MR) is 84.9 cm³/mol. The molecule has 0 aliphatic heterocycles. The lowest BCUT2D eigenvalue weighted by atomic mass is 10.3. The molecule has 0 spiro atoms. The van der Waals surface area contributed by atoms with E-state index in [1.54, 1.807) is 6.07 Å². The molecule has 0 aliphatic rings. The van der Waals surface area contributed by atoms with Crippen LogP contribution in [0.4, 0.5) is 10.5 Å². The van der Waals surface area contributed by atoms with E-state index in [1.807, 2.05) is 11.6 Å². The molecule has 0 saturated heterocycles. The molecule has 0 fully saturated rings. The van der Waals surface area contributed by atoms with Crippen molar-refractivity contribution in [1.82, 2.24) is 10.0 Å². The highest BCUT2D eigenvalue weighted by atomic mass is 79.9. The fourth-order valence-electron chi connectivity index (χ4n) is 1.45. The number of sulfonamides is 1. The van der Waals surface area contributed by atoms with Gasteiger partial charge >= 0.3 is 6.03 Å². The minimum absolute atomic E-state index is 0.0418. The average Bonchev–Trinajstić information content (AvgIpc) is 2.26. The summed E-state index contributed by atoms with van der Waals surface area (Å²) in [6.45, 7) is 2.38. The molecule has 0 bridgehead atoms. The first-order chi connectivity index (χ1) is 9.27. The van der Waals surface area contributed by atoms with E-state index in [0.29, 0.717) is 11.0 Å². The Balaban J connectivity index is 2.92. The third kappa shape index (κ3) is 4.64. The Kier molecular flexibility index (Phi) is 6.28. The number of anilines is 1. The summed E-state index contributed by atoms with van der Waals surface area (Å²) >= 11 is 6.33. The molecule has 9 heteroatoms. The summed E-state index contributed by atoms with van der Waals surface area (Å²) in [6, 6.07) is 2.22. The van der Waals surface area contributed by atoms with Gasteiger partial charge in [-0.3, -0.25) is 0 Å². The molecule has 1 rings (SSSR count). The van der Waals surface area contributed by atoms with Crippen molar-refractivity contribution >= 4 is 53.6 Å². The zero-order valence-corrected chi connectivity index (χ0v) is 14.7. The maximum absolute atomic E-state index is 12.1. The lowest BCUT2D eigenvalue weighted by Crippen LogP contribution is -2.40. The van der Waals surface area contributed by atoms with E-state index in [1.165, 1.54) is 6.07 Å². The number of amides is 2. The van der Waals surface area contributed by atoms with Crippen molar-refractivity contribution in [2.24, 2.45) is 0 Å². The molecule has 6 nitrogen and oxygen atoms in total. The van der Waals surface area contributed by atoms with Crippen molar-refractivity contribution in [2.75, 3.05) is 12.3 Å². The first-order valence-electron chi connectivity index (χ1n) is 5.83. The van der Waals surface area contributed by atoms with E-state index in [4.69, 9.17) is 5.73 Å². The van der Waals surface area contributed by atoms with Crippen LogP contribution in [0.2, 0.25) is 0 Å². The maximum atomic E-state index is 12.1. The smallest absolute Gasteiger partial charge is 0.328 e. The van der Waals surface area contributed by atoms with Crippen LogP contribution in [0.3, 0.4) is 0 Å². The van der Waals surface area contributed by atoms with Gasteiger partial charge in [-0.05, 0) is 34.5 Å². The monoisotopic (exact) mass is 427 g/mol. The van der Waals surface area contributed by atoms with E-state index in [0.717, 1.165) is 12.8 Å². The second-order valence-electron chi connectivity index (χ2n) is 4.02. The largest absolute Gasteiger partial charge is 0.398 e. The Morgan fingerprint density at radius 1 is 1.35 bits per heavy atom. The van der Waals surface area contributed by atoms with Crippen molar-refractivity contribution in [1.29, 1.82) is 0 Å². The first kappa shape index (κ1) is 17.3. The number of nitrogens with two attached hydrogens (primary N) is 1. The van der Waals surface area contributed by atoms with Gasteiger partial charge in [0.2, 0.25) is 0 Å². The summed E-state index contributed by atoms with van der Waals surface area (Å²) < 4.78 is 27.1. The van der Waals surface area contributed by atoms with Gasteiger partial charge < -0.3 is 11.1 Å². The summed E-state index contributed by atoms with van der Waals surface area (Å²) in [6.07, 6.45) is 1.68. The topological polar surface area (TPSA) is 101 Å². The third-order valence-electron chi connectivity index (χ3n) is 2.35. The lowest BCUT2D eigenvalue weighted by Gasteiger charge is -2.12. The number of rotatable bonds is 5. The molecular formula is C11H15Br2N3O3S. The van der Waals surface area contributed by atoms with Crippen LogP contribution in [-0.2, 0) is 10.0 Å². The maximum Gasteiger partial charge on any atom is 0.328 e. The van der Waals surface area contributed by atoms with Crippen molar-refractivity contribution in [3.05, 3.63) is 21.1 Å². The summed E-state index contributed by atoms with van der Waals surface area (Å²) in [5, 5.41) is 2.47. The molecule has 20 heavy (non-hydrogen) atoms. The van der Waals surface area contributed by atoms with Gasteiger partial charge in [-0.2, -0.15) is 0 Å². The summed E-state index contributed by atoms with van der Waals surface area (Å²) in [5.41, 5.74) is 5.74. The highest BCUT2D eigenvalue weighted by molar-refractivity contribution is 9.11. The predicted octanol–water partition coefficient (Wildman–Crippen LogP) is 2.58. The third-order valence-corrected chi connectivity index (χ3v) is 5.14. The number of nitrogen functional groups attached to an aromatic ring is 1. The molecule has 2 amide bonds. The van der Waals surface area contributed by atoms with Gasteiger partial charge in [-0.15, -0.1) is 0 Å². The number of benzene rings is 1. The van der Waals surface area contributed by atoms with E-state index in [9.17, 15) is 13.2 Å². The Labute approximate surface area is 134 Å². The quantitative estimate of drug-likeness (QED) is 0.495. The van der Waals surface area contributed by atoms with Gasteiger partial charge in [0.25, 0.3) is 10.0 Å². The zero-order valence-electron chi connectivity index (χ0n) is 10.7. The number of hydrogen-bond acceptors (Lipinski definition) is 4. The van der Waals surface area contributed by atoms with Crippen LogP contribution in [0.15, 0.2) is 26.0 Å². The molecule has 0 aliphatic carbocycles. The Bertz CT molecular complexity index is 582. The van der Waals surface area contributed by atoms with Gasteiger partial charge in [0.15, 0.2) is 0 Å². The average molecular weight is 429 g/mol. The van der Waals surface area contributed by atoms with Crippen LogP contribution in [0.1, 0.15) is 19.8 Å². The van der Waals surface area contributed by atoms with E-state index >= 15 is 0 Å². The number of halogens is 2. The molecule has 112 valence electrons. The van der Waals surface area contributed by atoms with Crippen LogP contribution >= 0.6 is 31.9 Å². The molecule has 0 atom stereocenters.